The number of fused-ring (bicyclic) bond motifs is 1. The Balaban J connectivity index is 2.14. The summed E-state index contributed by atoms with van der Waals surface area (Å²) in [5, 5.41) is 11.5. The van der Waals surface area contributed by atoms with E-state index in [1.807, 2.05) is 18.2 Å². The van der Waals surface area contributed by atoms with Gasteiger partial charge in [0.1, 0.15) is 26.1 Å². The first-order chi connectivity index (χ1) is 9.66. The van der Waals surface area contributed by atoms with E-state index in [2.05, 4.69) is 15.0 Å². The van der Waals surface area contributed by atoms with E-state index in [0.717, 1.165) is 15.4 Å². The highest BCUT2D eigenvalue weighted by Gasteiger charge is 2.19. The highest BCUT2D eigenvalue weighted by Crippen LogP contribution is 2.36. The van der Waals surface area contributed by atoms with Crippen LogP contribution in [0.25, 0.3) is 10.2 Å². The van der Waals surface area contributed by atoms with Gasteiger partial charge in [0.05, 0.1) is 0 Å². The Morgan fingerprint density at radius 2 is 2.15 bits per heavy atom. The van der Waals surface area contributed by atoms with Crippen molar-refractivity contribution in [3.63, 3.8) is 0 Å². The minimum Gasteiger partial charge on any atom is -0.477 e. The van der Waals surface area contributed by atoms with Gasteiger partial charge in [0.15, 0.2) is 0 Å². The van der Waals surface area contributed by atoms with E-state index in [-0.39, 0.29) is 0 Å². The topological polar surface area (TPSA) is 76.0 Å². The first-order valence-electron chi connectivity index (χ1n) is 5.73. The van der Waals surface area contributed by atoms with Gasteiger partial charge in [-0.25, -0.2) is 19.7 Å². The molecule has 0 aliphatic rings. The van der Waals surface area contributed by atoms with Crippen molar-refractivity contribution in [1.82, 2.24) is 15.0 Å². The van der Waals surface area contributed by atoms with Crippen LogP contribution in [-0.2, 0) is 0 Å². The number of rotatable bonds is 3. The molecule has 3 rings (SSSR count). The van der Waals surface area contributed by atoms with E-state index < -0.39 is 5.97 Å². The van der Waals surface area contributed by atoms with Gasteiger partial charge >= 0.3 is 5.97 Å². The van der Waals surface area contributed by atoms with E-state index in [1.165, 1.54) is 29.4 Å². The molecule has 0 aromatic carbocycles. The van der Waals surface area contributed by atoms with E-state index in [0.29, 0.717) is 15.3 Å². The summed E-state index contributed by atoms with van der Waals surface area (Å²) in [7, 11) is 0. The van der Waals surface area contributed by atoms with Crippen molar-refractivity contribution in [3.05, 3.63) is 41.2 Å². The molecule has 1 N–H and O–H groups in total. The highest BCUT2D eigenvalue weighted by atomic mass is 32.2. The molecule has 0 radical (unpaired) electrons. The monoisotopic (exact) mass is 303 g/mol. The number of hydrogen-bond acceptors (Lipinski definition) is 6. The molecule has 0 saturated carbocycles. The summed E-state index contributed by atoms with van der Waals surface area (Å²) in [5.74, 6) is -0.931. The standard InChI is InChI=1S/C13H9N3O2S2/c1-7-9-11(19-8-4-2-3-5-14-8)15-6-16-12(9)20-10(7)13(17)18/h2-6H,1H3,(H,17,18). The van der Waals surface area contributed by atoms with Crippen LogP contribution in [0.5, 0.6) is 0 Å². The summed E-state index contributed by atoms with van der Waals surface area (Å²) >= 11 is 2.58. The summed E-state index contributed by atoms with van der Waals surface area (Å²) in [6.07, 6.45) is 3.17. The van der Waals surface area contributed by atoms with Crippen molar-refractivity contribution in [2.75, 3.05) is 0 Å². The van der Waals surface area contributed by atoms with Crippen molar-refractivity contribution in [3.8, 4) is 0 Å². The first kappa shape index (κ1) is 13.0. The maximum atomic E-state index is 11.2. The van der Waals surface area contributed by atoms with E-state index in [4.69, 9.17) is 0 Å². The molecule has 0 unspecified atom stereocenters. The Morgan fingerprint density at radius 1 is 1.30 bits per heavy atom. The predicted octanol–water partition coefficient (Wildman–Crippen LogP) is 3.24. The number of nitrogens with zero attached hydrogens (tertiary/aromatic N) is 3. The minimum absolute atomic E-state index is 0.309. The molecule has 0 aliphatic heterocycles. The van der Waals surface area contributed by atoms with Crippen LogP contribution >= 0.6 is 23.1 Å². The lowest BCUT2D eigenvalue weighted by atomic mass is 10.2. The van der Waals surface area contributed by atoms with Gasteiger partial charge in [-0.05, 0) is 36.4 Å². The quantitative estimate of drug-likeness (QED) is 0.749. The third-order valence-electron chi connectivity index (χ3n) is 2.73. The average Bonchev–Trinajstić information content (AvgIpc) is 2.79. The molecular formula is C13H9N3O2S2. The second-order valence-corrected chi connectivity index (χ2v) is 6.00. The molecule has 0 atom stereocenters. The number of carboxylic acid groups (broad SMARTS) is 1. The second kappa shape index (κ2) is 5.18. The van der Waals surface area contributed by atoms with Gasteiger partial charge in [-0.15, -0.1) is 11.3 Å². The largest absolute Gasteiger partial charge is 0.477 e. The summed E-state index contributed by atoms with van der Waals surface area (Å²) < 4.78 is 0. The maximum absolute atomic E-state index is 11.2. The van der Waals surface area contributed by atoms with E-state index in [1.54, 1.807) is 13.1 Å². The number of hydrogen-bond donors (Lipinski definition) is 1. The lowest BCUT2D eigenvalue weighted by molar-refractivity contribution is 0.0701. The SMILES string of the molecule is Cc1c(C(=O)O)sc2ncnc(Sc3ccccn3)c12. The van der Waals surface area contributed by atoms with Gasteiger partial charge in [-0.3, -0.25) is 0 Å². The molecular weight excluding hydrogens is 294 g/mol. The predicted molar refractivity (Wildman–Crippen MR) is 77.5 cm³/mol. The summed E-state index contributed by atoms with van der Waals surface area (Å²) in [6.45, 7) is 1.79. The van der Waals surface area contributed by atoms with E-state index in [9.17, 15) is 9.90 Å². The third kappa shape index (κ3) is 2.25. The van der Waals surface area contributed by atoms with Crippen molar-refractivity contribution in [2.45, 2.75) is 17.0 Å². The molecule has 0 fully saturated rings. The summed E-state index contributed by atoms with van der Waals surface area (Å²) in [4.78, 5) is 24.9. The van der Waals surface area contributed by atoms with Crippen molar-refractivity contribution < 1.29 is 9.90 Å². The zero-order valence-electron chi connectivity index (χ0n) is 10.4. The first-order valence-corrected chi connectivity index (χ1v) is 7.36. The molecule has 3 heterocycles. The maximum Gasteiger partial charge on any atom is 0.346 e. The van der Waals surface area contributed by atoms with Crippen LogP contribution in [0.4, 0.5) is 0 Å². The Labute approximate surface area is 122 Å². The molecule has 3 aromatic heterocycles. The van der Waals surface area contributed by atoms with Crippen LogP contribution in [0.2, 0.25) is 0 Å². The van der Waals surface area contributed by atoms with Gasteiger partial charge in [-0.2, -0.15) is 0 Å². The Hall–Kier alpha value is -1.99. The molecule has 7 heteroatoms. The Morgan fingerprint density at radius 3 is 2.85 bits per heavy atom. The zero-order valence-corrected chi connectivity index (χ0v) is 12.0. The van der Waals surface area contributed by atoms with Crippen molar-refractivity contribution >= 4 is 39.3 Å². The van der Waals surface area contributed by atoms with Gasteiger partial charge in [0.2, 0.25) is 0 Å². The molecule has 5 nitrogen and oxygen atoms in total. The lowest BCUT2D eigenvalue weighted by Crippen LogP contribution is -1.94. The number of aryl methyl sites for hydroxylation is 1. The zero-order chi connectivity index (χ0) is 14.1. The number of pyridine rings is 1. The second-order valence-electron chi connectivity index (χ2n) is 3.99. The van der Waals surface area contributed by atoms with Gasteiger partial charge in [0, 0.05) is 11.6 Å². The Bertz CT molecular complexity index is 787. The smallest absolute Gasteiger partial charge is 0.346 e. The van der Waals surface area contributed by atoms with Crippen LogP contribution < -0.4 is 0 Å². The Kier molecular flexibility index (Phi) is 3.37. The number of aromatic nitrogens is 3. The van der Waals surface area contributed by atoms with Gasteiger partial charge in [0.25, 0.3) is 0 Å². The normalized spacial score (nSPS) is 10.8. The molecule has 20 heavy (non-hydrogen) atoms. The van der Waals surface area contributed by atoms with Crippen LogP contribution in [-0.4, -0.2) is 26.0 Å². The third-order valence-corrected chi connectivity index (χ3v) is 4.87. The summed E-state index contributed by atoms with van der Waals surface area (Å²) in [6, 6.07) is 5.63. The number of aromatic carboxylic acids is 1. The van der Waals surface area contributed by atoms with Crippen LogP contribution in [0.3, 0.4) is 0 Å². The molecule has 0 spiro atoms. The fourth-order valence-electron chi connectivity index (χ4n) is 1.83. The molecule has 0 aliphatic carbocycles. The van der Waals surface area contributed by atoms with Crippen LogP contribution in [0.1, 0.15) is 15.2 Å². The molecule has 100 valence electrons. The van der Waals surface area contributed by atoms with Crippen molar-refractivity contribution in [1.29, 1.82) is 0 Å². The van der Waals surface area contributed by atoms with Crippen LogP contribution in [0, 0.1) is 6.92 Å². The molecule has 0 bridgehead atoms. The number of carbonyl (C=O) groups is 1. The minimum atomic E-state index is -0.931. The number of carboxylic acids is 1. The molecule has 3 aromatic rings. The van der Waals surface area contributed by atoms with Crippen LogP contribution in [0.15, 0.2) is 40.8 Å². The summed E-state index contributed by atoms with van der Waals surface area (Å²) in [5.41, 5.74) is 0.705. The average molecular weight is 303 g/mol. The van der Waals surface area contributed by atoms with Gasteiger partial charge in [-0.1, -0.05) is 6.07 Å². The number of thiophene rings is 1. The van der Waals surface area contributed by atoms with Crippen molar-refractivity contribution in [2.24, 2.45) is 0 Å². The van der Waals surface area contributed by atoms with Gasteiger partial charge < -0.3 is 5.11 Å². The fourth-order valence-corrected chi connectivity index (χ4v) is 3.79. The molecule has 0 saturated heterocycles. The fraction of sp³-hybridized carbons (Fsp3) is 0.0769. The van der Waals surface area contributed by atoms with E-state index >= 15 is 0 Å². The molecule has 0 amide bonds. The lowest BCUT2D eigenvalue weighted by Gasteiger charge is -2.02. The highest BCUT2D eigenvalue weighted by molar-refractivity contribution is 7.99.